The third-order valence-electron chi connectivity index (χ3n) is 6.14. The average molecular weight is 433 g/mol. The van der Waals surface area contributed by atoms with Gasteiger partial charge in [0, 0.05) is 41.9 Å². The zero-order valence-electron chi connectivity index (χ0n) is 18.7. The Bertz CT molecular complexity index is 979. The van der Waals surface area contributed by atoms with Crippen molar-refractivity contribution in [2.75, 3.05) is 5.32 Å². The quantitative estimate of drug-likeness (QED) is 0.463. The summed E-state index contributed by atoms with van der Waals surface area (Å²) in [5.41, 5.74) is 2.63. The molecule has 2 N–H and O–H groups in total. The molecule has 4 rings (SSSR count). The van der Waals surface area contributed by atoms with Gasteiger partial charge < -0.3 is 14.6 Å². The molecular formula is C26H32N4O2. The van der Waals surface area contributed by atoms with Gasteiger partial charge in [-0.1, -0.05) is 50.3 Å². The molecule has 0 saturated heterocycles. The molecule has 0 aliphatic heterocycles. The average Bonchev–Trinajstić information content (AvgIpc) is 3.35. The second-order valence-electron chi connectivity index (χ2n) is 8.66. The maximum atomic E-state index is 12.5. The van der Waals surface area contributed by atoms with Gasteiger partial charge in [-0.15, -0.1) is 0 Å². The summed E-state index contributed by atoms with van der Waals surface area (Å²) in [7, 11) is 0. The Morgan fingerprint density at radius 3 is 2.66 bits per heavy atom. The van der Waals surface area contributed by atoms with Crippen LogP contribution in [-0.2, 0) is 6.54 Å². The van der Waals surface area contributed by atoms with Gasteiger partial charge in [-0.3, -0.25) is 5.32 Å². The molecule has 6 heteroatoms. The number of benzene rings is 2. The predicted octanol–water partition coefficient (Wildman–Crippen LogP) is 5.93. The number of anilines is 1. The van der Waals surface area contributed by atoms with E-state index in [-0.39, 0.29) is 0 Å². The van der Waals surface area contributed by atoms with Crippen molar-refractivity contribution in [2.24, 2.45) is 5.92 Å². The van der Waals surface area contributed by atoms with Crippen LogP contribution in [0, 0.1) is 5.92 Å². The molecule has 0 bridgehead atoms. The normalized spacial score (nSPS) is 15.3. The predicted molar refractivity (Wildman–Crippen MR) is 127 cm³/mol. The molecule has 1 aliphatic carbocycles. The van der Waals surface area contributed by atoms with E-state index in [1.165, 1.54) is 38.5 Å². The van der Waals surface area contributed by atoms with E-state index in [4.69, 9.17) is 4.74 Å². The van der Waals surface area contributed by atoms with Crippen LogP contribution in [0.15, 0.2) is 67.3 Å². The lowest BCUT2D eigenvalue weighted by Crippen LogP contribution is -2.29. The molecule has 0 spiro atoms. The summed E-state index contributed by atoms with van der Waals surface area (Å²) in [6.07, 6.45) is 12.9. The van der Waals surface area contributed by atoms with Crippen LogP contribution < -0.4 is 15.4 Å². The molecule has 1 fully saturated rings. The van der Waals surface area contributed by atoms with Crippen molar-refractivity contribution in [3.8, 4) is 11.4 Å². The fourth-order valence-electron chi connectivity index (χ4n) is 4.41. The summed E-state index contributed by atoms with van der Waals surface area (Å²) in [6.45, 7) is 2.93. The van der Waals surface area contributed by atoms with Gasteiger partial charge >= 0.3 is 6.09 Å². The van der Waals surface area contributed by atoms with Gasteiger partial charge in [0.25, 0.3) is 0 Å². The van der Waals surface area contributed by atoms with Gasteiger partial charge in [-0.25, -0.2) is 9.78 Å². The minimum absolute atomic E-state index is 0.439. The highest BCUT2D eigenvalue weighted by Crippen LogP contribution is 2.27. The number of carbonyl (C=O) groups excluding carboxylic acids is 1. The number of carbonyl (C=O) groups is 1. The first-order chi connectivity index (χ1) is 15.7. The molecule has 1 aliphatic rings. The lowest BCUT2D eigenvalue weighted by atomic mass is 9.85. The molecule has 6 nitrogen and oxygen atoms in total. The number of aromatic nitrogens is 2. The first-order valence-corrected chi connectivity index (χ1v) is 11.6. The number of nitrogens with one attached hydrogen (secondary N) is 2. The Balaban J connectivity index is 1.29. The lowest BCUT2D eigenvalue weighted by molar-refractivity contribution is 0.214. The van der Waals surface area contributed by atoms with E-state index in [0.29, 0.717) is 24.0 Å². The van der Waals surface area contributed by atoms with Crippen molar-refractivity contribution >= 4 is 11.8 Å². The Labute approximate surface area is 190 Å². The maximum Gasteiger partial charge on any atom is 0.417 e. The fraction of sp³-hybridized carbons (Fsp3) is 0.385. The van der Waals surface area contributed by atoms with Crippen LogP contribution in [0.25, 0.3) is 5.69 Å². The smallest absolute Gasteiger partial charge is 0.410 e. The Morgan fingerprint density at radius 1 is 1.12 bits per heavy atom. The van der Waals surface area contributed by atoms with E-state index in [0.717, 1.165) is 17.2 Å². The van der Waals surface area contributed by atoms with Crippen LogP contribution in [0.4, 0.5) is 10.5 Å². The van der Waals surface area contributed by atoms with Crippen LogP contribution in [-0.4, -0.2) is 21.7 Å². The molecule has 1 saturated carbocycles. The van der Waals surface area contributed by atoms with Crippen LogP contribution in [0.3, 0.4) is 0 Å². The number of hydrogen-bond donors (Lipinski definition) is 2. The van der Waals surface area contributed by atoms with Gasteiger partial charge in [0.15, 0.2) is 0 Å². The van der Waals surface area contributed by atoms with Gasteiger partial charge in [0.2, 0.25) is 0 Å². The van der Waals surface area contributed by atoms with Crippen molar-refractivity contribution in [3.63, 3.8) is 0 Å². The number of imidazole rings is 1. The summed E-state index contributed by atoms with van der Waals surface area (Å²) in [6, 6.07) is 15.7. The minimum Gasteiger partial charge on any atom is -0.410 e. The number of para-hydroxylation sites is 1. The summed E-state index contributed by atoms with van der Waals surface area (Å²) >= 11 is 0. The number of nitrogens with zero attached hydrogens (tertiary/aromatic N) is 2. The molecule has 32 heavy (non-hydrogen) atoms. The van der Waals surface area contributed by atoms with Crippen molar-refractivity contribution in [1.29, 1.82) is 0 Å². The van der Waals surface area contributed by atoms with E-state index in [2.05, 4.69) is 22.5 Å². The van der Waals surface area contributed by atoms with Crippen LogP contribution in [0.1, 0.15) is 51.0 Å². The molecule has 1 heterocycles. The first kappa shape index (κ1) is 22.1. The Morgan fingerprint density at radius 2 is 1.91 bits per heavy atom. The standard InChI is InChI=1S/C26H32N4O2/c1-20(17-21-7-3-2-4-8-21)28-18-22-9-5-6-10-25(22)32-26(31)29-23-11-13-24(14-12-23)30-16-15-27-19-30/h5-6,9-16,19-21,28H,2-4,7-8,17-18H2,1H3,(H,29,31). The monoisotopic (exact) mass is 432 g/mol. The summed E-state index contributed by atoms with van der Waals surface area (Å²) < 4.78 is 7.53. The van der Waals surface area contributed by atoms with Gasteiger partial charge in [-0.2, -0.15) is 0 Å². The molecule has 3 aromatic rings. The number of ether oxygens (including phenoxy) is 1. The Kier molecular flexibility index (Phi) is 7.56. The highest BCUT2D eigenvalue weighted by Gasteiger charge is 2.17. The zero-order chi connectivity index (χ0) is 22.2. The largest absolute Gasteiger partial charge is 0.417 e. The molecule has 1 unspecified atom stereocenters. The van der Waals surface area contributed by atoms with Crippen molar-refractivity contribution < 1.29 is 9.53 Å². The van der Waals surface area contributed by atoms with E-state index in [1.807, 2.05) is 59.3 Å². The SMILES string of the molecule is CC(CC1CCCCC1)NCc1ccccc1OC(=O)Nc1ccc(-n2ccnc2)cc1. The van der Waals surface area contributed by atoms with Crippen molar-refractivity contribution in [3.05, 3.63) is 72.8 Å². The maximum absolute atomic E-state index is 12.5. The number of rotatable bonds is 8. The van der Waals surface area contributed by atoms with Crippen LogP contribution in [0.2, 0.25) is 0 Å². The van der Waals surface area contributed by atoms with E-state index >= 15 is 0 Å². The Hall–Kier alpha value is -3.12. The summed E-state index contributed by atoms with van der Waals surface area (Å²) in [5.74, 6) is 1.42. The topological polar surface area (TPSA) is 68.2 Å². The van der Waals surface area contributed by atoms with Crippen molar-refractivity contribution in [2.45, 2.75) is 58.0 Å². The number of amides is 1. The second kappa shape index (κ2) is 11.0. The molecule has 2 aromatic carbocycles. The summed E-state index contributed by atoms with van der Waals surface area (Å²) in [5, 5.41) is 6.41. The van der Waals surface area contributed by atoms with Crippen molar-refractivity contribution in [1.82, 2.24) is 14.9 Å². The molecule has 1 atom stereocenters. The highest BCUT2D eigenvalue weighted by molar-refractivity contribution is 5.86. The van der Waals surface area contributed by atoms with Gasteiger partial charge in [0.05, 0.1) is 6.33 Å². The van der Waals surface area contributed by atoms with Gasteiger partial charge in [0.1, 0.15) is 5.75 Å². The highest BCUT2D eigenvalue weighted by atomic mass is 16.6. The molecule has 1 aromatic heterocycles. The number of hydrogen-bond acceptors (Lipinski definition) is 4. The minimum atomic E-state index is -0.497. The van der Waals surface area contributed by atoms with E-state index in [9.17, 15) is 4.79 Å². The van der Waals surface area contributed by atoms with Crippen LogP contribution in [0.5, 0.6) is 5.75 Å². The van der Waals surface area contributed by atoms with Gasteiger partial charge in [-0.05, 0) is 49.6 Å². The van der Waals surface area contributed by atoms with E-state index < -0.39 is 6.09 Å². The lowest BCUT2D eigenvalue weighted by Gasteiger charge is -2.25. The van der Waals surface area contributed by atoms with Crippen LogP contribution >= 0.6 is 0 Å². The van der Waals surface area contributed by atoms with E-state index in [1.54, 1.807) is 12.5 Å². The molecule has 1 amide bonds. The summed E-state index contributed by atoms with van der Waals surface area (Å²) in [4.78, 5) is 16.5. The third-order valence-corrected chi connectivity index (χ3v) is 6.14. The molecule has 0 radical (unpaired) electrons. The third kappa shape index (κ3) is 6.20. The molecular weight excluding hydrogens is 400 g/mol. The molecule has 168 valence electrons. The first-order valence-electron chi connectivity index (χ1n) is 11.6. The second-order valence-corrected chi connectivity index (χ2v) is 8.66. The fourth-order valence-corrected chi connectivity index (χ4v) is 4.41. The zero-order valence-corrected chi connectivity index (χ0v) is 18.7.